The zero-order chi connectivity index (χ0) is 14.4. The molecule has 0 radical (unpaired) electrons. The molecule has 1 aliphatic heterocycles. The number of hydrogen-bond acceptors (Lipinski definition) is 2. The highest BCUT2D eigenvalue weighted by atomic mass is 16.2. The van der Waals surface area contributed by atoms with Crippen molar-refractivity contribution < 1.29 is 4.79 Å². The number of rotatable bonds is 7. The molecule has 1 heterocycles. The molecule has 1 N–H and O–H groups in total. The zero-order valence-electron chi connectivity index (χ0n) is 12.6. The van der Waals surface area contributed by atoms with Gasteiger partial charge in [0, 0.05) is 6.54 Å². The third kappa shape index (κ3) is 3.83. The molecule has 1 fully saturated rings. The van der Waals surface area contributed by atoms with Gasteiger partial charge in [-0.3, -0.25) is 10.1 Å². The van der Waals surface area contributed by atoms with Gasteiger partial charge in [0.2, 0.25) is 5.91 Å². The molecule has 0 bridgehead atoms. The van der Waals surface area contributed by atoms with Gasteiger partial charge in [-0.2, -0.15) is 0 Å². The van der Waals surface area contributed by atoms with Gasteiger partial charge in [0.25, 0.3) is 0 Å². The molecule has 0 spiro atoms. The van der Waals surface area contributed by atoms with Gasteiger partial charge in [0.15, 0.2) is 0 Å². The summed E-state index contributed by atoms with van der Waals surface area (Å²) in [4.78, 5) is 14.4. The molecule has 0 aliphatic carbocycles. The molecule has 2 unspecified atom stereocenters. The number of benzene rings is 1. The summed E-state index contributed by atoms with van der Waals surface area (Å²) >= 11 is 0. The SMILES string of the molecule is CCCCCN1C(=O)C(CCc2ccccc2)NC1C. The summed E-state index contributed by atoms with van der Waals surface area (Å²) in [5.74, 6) is 0.282. The van der Waals surface area contributed by atoms with Crippen LogP contribution in [0, 0.1) is 0 Å². The number of amides is 1. The third-order valence-corrected chi connectivity index (χ3v) is 4.06. The molecule has 0 aromatic heterocycles. The first-order valence-corrected chi connectivity index (χ1v) is 7.83. The lowest BCUT2D eigenvalue weighted by atomic mass is 10.1. The number of carbonyl (C=O) groups excluding carboxylic acids is 1. The zero-order valence-corrected chi connectivity index (χ0v) is 12.6. The lowest BCUT2D eigenvalue weighted by Crippen LogP contribution is -2.35. The average Bonchev–Trinajstić information content (AvgIpc) is 2.74. The van der Waals surface area contributed by atoms with Gasteiger partial charge >= 0.3 is 0 Å². The minimum Gasteiger partial charge on any atom is -0.326 e. The van der Waals surface area contributed by atoms with Crippen molar-refractivity contribution in [3.63, 3.8) is 0 Å². The monoisotopic (exact) mass is 274 g/mol. The van der Waals surface area contributed by atoms with E-state index in [4.69, 9.17) is 0 Å². The summed E-state index contributed by atoms with van der Waals surface area (Å²) in [6, 6.07) is 10.4. The van der Waals surface area contributed by atoms with Gasteiger partial charge in [-0.25, -0.2) is 0 Å². The summed E-state index contributed by atoms with van der Waals surface area (Å²) in [5, 5.41) is 3.43. The Bertz CT molecular complexity index is 418. The lowest BCUT2D eigenvalue weighted by Gasteiger charge is -2.20. The summed E-state index contributed by atoms with van der Waals surface area (Å²) in [5.41, 5.74) is 1.30. The number of unbranched alkanes of at least 4 members (excludes halogenated alkanes) is 2. The minimum absolute atomic E-state index is 0.00756. The maximum Gasteiger partial charge on any atom is 0.241 e. The van der Waals surface area contributed by atoms with E-state index in [1.165, 1.54) is 18.4 Å². The van der Waals surface area contributed by atoms with Crippen LogP contribution in [0.25, 0.3) is 0 Å². The predicted molar refractivity (Wildman–Crippen MR) is 82.4 cm³/mol. The second-order valence-electron chi connectivity index (χ2n) is 5.66. The van der Waals surface area contributed by atoms with Gasteiger partial charge in [-0.15, -0.1) is 0 Å². The Morgan fingerprint density at radius 3 is 2.65 bits per heavy atom. The first kappa shape index (κ1) is 15.0. The molecule has 1 aromatic rings. The van der Waals surface area contributed by atoms with E-state index in [9.17, 15) is 4.79 Å². The summed E-state index contributed by atoms with van der Waals surface area (Å²) in [6.45, 7) is 5.17. The number of hydrogen-bond donors (Lipinski definition) is 1. The molecule has 0 saturated carbocycles. The van der Waals surface area contributed by atoms with Gasteiger partial charge in [0.1, 0.15) is 0 Å². The molecular weight excluding hydrogens is 248 g/mol. The van der Waals surface area contributed by atoms with Crippen molar-refractivity contribution in [2.75, 3.05) is 6.54 Å². The Hall–Kier alpha value is -1.35. The van der Waals surface area contributed by atoms with Gasteiger partial charge in [0.05, 0.1) is 12.2 Å². The normalized spacial score (nSPS) is 22.5. The van der Waals surface area contributed by atoms with Gasteiger partial charge in [-0.1, -0.05) is 50.1 Å². The van der Waals surface area contributed by atoms with Crippen molar-refractivity contribution >= 4 is 5.91 Å². The highest BCUT2D eigenvalue weighted by Gasteiger charge is 2.35. The second kappa shape index (κ2) is 7.44. The standard InChI is InChI=1S/C17H26N2O/c1-3-4-8-13-19-14(2)18-16(17(19)20)12-11-15-9-6-5-7-10-15/h5-7,9-10,14,16,18H,3-4,8,11-13H2,1-2H3. The Morgan fingerprint density at radius 2 is 1.95 bits per heavy atom. The maximum absolute atomic E-state index is 12.4. The van der Waals surface area contributed by atoms with Crippen LogP contribution in [0.15, 0.2) is 30.3 Å². The molecule has 1 amide bonds. The lowest BCUT2D eigenvalue weighted by molar-refractivity contribution is -0.130. The van der Waals surface area contributed by atoms with Crippen LogP contribution in [0.5, 0.6) is 0 Å². The molecule has 110 valence electrons. The van der Waals surface area contributed by atoms with Crippen molar-refractivity contribution in [3.8, 4) is 0 Å². The number of nitrogens with one attached hydrogen (secondary N) is 1. The van der Waals surface area contributed by atoms with E-state index in [2.05, 4.69) is 43.4 Å². The van der Waals surface area contributed by atoms with Crippen LogP contribution < -0.4 is 5.32 Å². The molecular formula is C17H26N2O. The number of aryl methyl sites for hydroxylation is 1. The summed E-state index contributed by atoms with van der Waals surface area (Å²) in [7, 11) is 0. The van der Waals surface area contributed by atoms with Crippen LogP contribution >= 0.6 is 0 Å². The molecule has 20 heavy (non-hydrogen) atoms. The van der Waals surface area contributed by atoms with Gasteiger partial charge in [-0.05, 0) is 31.7 Å². The van der Waals surface area contributed by atoms with E-state index >= 15 is 0 Å². The van der Waals surface area contributed by atoms with E-state index in [-0.39, 0.29) is 18.1 Å². The van der Waals surface area contributed by atoms with Crippen LogP contribution in [0.1, 0.15) is 45.1 Å². The van der Waals surface area contributed by atoms with Crippen molar-refractivity contribution in [2.24, 2.45) is 0 Å². The third-order valence-electron chi connectivity index (χ3n) is 4.06. The highest BCUT2D eigenvalue weighted by molar-refractivity contribution is 5.84. The van der Waals surface area contributed by atoms with E-state index in [0.717, 1.165) is 25.8 Å². The molecule has 2 atom stereocenters. The quantitative estimate of drug-likeness (QED) is 0.775. The Labute approximate surface area is 122 Å². The largest absolute Gasteiger partial charge is 0.326 e. The fourth-order valence-electron chi connectivity index (χ4n) is 2.84. The van der Waals surface area contributed by atoms with Gasteiger partial charge < -0.3 is 4.90 Å². The first-order valence-electron chi connectivity index (χ1n) is 7.83. The maximum atomic E-state index is 12.4. The predicted octanol–water partition coefficient (Wildman–Crippen LogP) is 2.96. The average molecular weight is 274 g/mol. The van der Waals surface area contributed by atoms with Crippen molar-refractivity contribution in [3.05, 3.63) is 35.9 Å². The Balaban J connectivity index is 1.83. The number of nitrogens with zero attached hydrogens (tertiary/aromatic N) is 1. The van der Waals surface area contributed by atoms with E-state index in [1.807, 2.05) is 11.0 Å². The molecule has 1 saturated heterocycles. The van der Waals surface area contributed by atoms with Crippen molar-refractivity contribution in [2.45, 2.75) is 58.2 Å². The van der Waals surface area contributed by atoms with Crippen LogP contribution in [0.2, 0.25) is 0 Å². The van der Waals surface area contributed by atoms with Crippen molar-refractivity contribution in [1.82, 2.24) is 10.2 Å². The smallest absolute Gasteiger partial charge is 0.241 e. The summed E-state index contributed by atoms with van der Waals surface area (Å²) in [6.07, 6.45) is 5.53. The van der Waals surface area contributed by atoms with Crippen LogP contribution in [0.3, 0.4) is 0 Å². The molecule has 2 rings (SSSR count). The minimum atomic E-state index is -0.00756. The van der Waals surface area contributed by atoms with E-state index in [1.54, 1.807) is 0 Å². The van der Waals surface area contributed by atoms with E-state index < -0.39 is 0 Å². The molecule has 1 aromatic carbocycles. The van der Waals surface area contributed by atoms with Crippen LogP contribution in [-0.2, 0) is 11.2 Å². The Morgan fingerprint density at radius 1 is 1.20 bits per heavy atom. The fourth-order valence-corrected chi connectivity index (χ4v) is 2.84. The Kier molecular flexibility index (Phi) is 5.60. The topological polar surface area (TPSA) is 32.3 Å². The molecule has 3 nitrogen and oxygen atoms in total. The highest BCUT2D eigenvalue weighted by Crippen LogP contribution is 2.16. The molecule has 3 heteroatoms. The second-order valence-corrected chi connectivity index (χ2v) is 5.66. The van der Waals surface area contributed by atoms with Crippen molar-refractivity contribution in [1.29, 1.82) is 0 Å². The summed E-state index contributed by atoms with van der Waals surface area (Å²) < 4.78 is 0. The molecule has 1 aliphatic rings. The fraction of sp³-hybridized carbons (Fsp3) is 0.588. The van der Waals surface area contributed by atoms with Crippen LogP contribution in [0.4, 0.5) is 0 Å². The van der Waals surface area contributed by atoms with Crippen LogP contribution in [-0.4, -0.2) is 29.6 Å². The first-order chi connectivity index (χ1) is 9.72. The van der Waals surface area contributed by atoms with E-state index in [0.29, 0.717) is 0 Å². The number of carbonyl (C=O) groups is 1.